The molecule has 2 atom stereocenters. The highest BCUT2D eigenvalue weighted by Crippen LogP contribution is 2.27. The predicted molar refractivity (Wildman–Crippen MR) is 78.8 cm³/mol. The number of fused-ring (bicyclic) bond motifs is 2. The van der Waals surface area contributed by atoms with Crippen LogP contribution in [0.5, 0.6) is 0 Å². The summed E-state index contributed by atoms with van der Waals surface area (Å²) in [5, 5.41) is 8.44. The number of nitrogens with zero attached hydrogens (tertiary/aromatic N) is 2. The normalized spacial score (nSPS) is 25.2. The number of hydrogen-bond donors (Lipinski definition) is 1. The number of rotatable bonds is 2. The SMILES string of the molecule is O=C(Cc1noc2ccccc12)N1CCC2CNCC2C1. The van der Waals surface area contributed by atoms with Gasteiger partial charge in [-0.15, -0.1) is 0 Å². The lowest BCUT2D eigenvalue weighted by Crippen LogP contribution is -2.44. The van der Waals surface area contributed by atoms with Gasteiger partial charge >= 0.3 is 0 Å². The number of para-hydroxylation sites is 1. The Balaban J connectivity index is 1.48. The van der Waals surface area contributed by atoms with Gasteiger partial charge in [0.05, 0.1) is 6.42 Å². The van der Waals surface area contributed by atoms with Gasteiger partial charge in [0.2, 0.25) is 5.91 Å². The molecule has 2 saturated heterocycles. The standard InChI is InChI=1S/C16H19N3O2/c20-16(19-6-5-11-8-17-9-12(11)10-19)7-14-13-3-1-2-4-15(13)21-18-14/h1-4,11-12,17H,5-10H2. The fourth-order valence-electron chi connectivity index (χ4n) is 3.58. The molecule has 4 rings (SSSR count). The highest BCUT2D eigenvalue weighted by atomic mass is 16.5. The Hall–Kier alpha value is -1.88. The van der Waals surface area contributed by atoms with Crippen LogP contribution in [-0.2, 0) is 11.2 Å². The van der Waals surface area contributed by atoms with Crippen LogP contribution >= 0.6 is 0 Å². The van der Waals surface area contributed by atoms with Crippen LogP contribution in [0, 0.1) is 11.8 Å². The van der Waals surface area contributed by atoms with E-state index in [2.05, 4.69) is 10.5 Å². The topological polar surface area (TPSA) is 58.4 Å². The Morgan fingerprint density at radius 1 is 1.33 bits per heavy atom. The fourth-order valence-corrected chi connectivity index (χ4v) is 3.58. The van der Waals surface area contributed by atoms with E-state index < -0.39 is 0 Å². The molecule has 2 fully saturated rings. The minimum atomic E-state index is 0.166. The molecule has 2 aliphatic heterocycles. The fraction of sp³-hybridized carbons (Fsp3) is 0.500. The van der Waals surface area contributed by atoms with Crippen molar-refractivity contribution in [2.75, 3.05) is 26.2 Å². The van der Waals surface area contributed by atoms with Crippen molar-refractivity contribution in [3.05, 3.63) is 30.0 Å². The second kappa shape index (κ2) is 5.15. The van der Waals surface area contributed by atoms with Crippen molar-refractivity contribution < 1.29 is 9.32 Å². The molecule has 110 valence electrons. The minimum Gasteiger partial charge on any atom is -0.356 e. The third-order valence-corrected chi connectivity index (χ3v) is 4.83. The summed E-state index contributed by atoms with van der Waals surface area (Å²) in [6, 6.07) is 7.70. The maximum absolute atomic E-state index is 12.5. The summed E-state index contributed by atoms with van der Waals surface area (Å²) in [4.78, 5) is 14.5. The smallest absolute Gasteiger partial charge is 0.228 e. The lowest BCUT2D eigenvalue weighted by Gasteiger charge is -2.34. The largest absolute Gasteiger partial charge is 0.356 e. The van der Waals surface area contributed by atoms with Crippen molar-refractivity contribution in [1.29, 1.82) is 0 Å². The molecule has 3 heterocycles. The molecule has 0 bridgehead atoms. The maximum Gasteiger partial charge on any atom is 0.228 e. The van der Waals surface area contributed by atoms with Gasteiger partial charge in [0.15, 0.2) is 5.58 Å². The van der Waals surface area contributed by atoms with Crippen LogP contribution in [0.3, 0.4) is 0 Å². The highest BCUT2D eigenvalue weighted by Gasteiger charge is 2.34. The molecule has 2 unspecified atom stereocenters. The number of aromatic nitrogens is 1. The summed E-state index contributed by atoms with van der Waals surface area (Å²) in [6.07, 6.45) is 1.45. The number of amides is 1. The lowest BCUT2D eigenvalue weighted by atomic mass is 9.88. The Morgan fingerprint density at radius 3 is 3.14 bits per heavy atom. The number of carbonyl (C=O) groups excluding carboxylic acids is 1. The summed E-state index contributed by atoms with van der Waals surface area (Å²) >= 11 is 0. The molecule has 5 heteroatoms. The first-order valence-electron chi connectivity index (χ1n) is 7.63. The molecule has 2 aliphatic rings. The second-order valence-electron chi connectivity index (χ2n) is 6.11. The van der Waals surface area contributed by atoms with Crippen molar-refractivity contribution >= 4 is 16.9 Å². The molecule has 1 N–H and O–H groups in total. The maximum atomic E-state index is 12.5. The van der Waals surface area contributed by atoms with Gasteiger partial charge in [0.1, 0.15) is 5.69 Å². The predicted octanol–water partition coefficient (Wildman–Crippen LogP) is 1.44. The van der Waals surface area contributed by atoms with Gasteiger partial charge in [0.25, 0.3) is 0 Å². The summed E-state index contributed by atoms with van der Waals surface area (Å²) in [5.41, 5.74) is 1.50. The van der Waals surface area contributed by atoms with Crippen molar-refractivity contribution in [3.8, 4) is 0 Å². The molecule has 0 radical (unpaired) electrons. The van der Waals surface area contributed by atoms with E-state index in [0.717, 1.165) is 55.2 Å². The number of benzene rings is 1. The molecule has 5 nitrogen and oxygen atoms in total. The first kappa shape index (κ1) is 12.8. The molecule has 0 aliphatic carbocycles. The molecular formula is C16H19N3O2. The van der Waals surface area contributed by atoms with E-state index in [0.29, 0.717) is 12.3 Å². The van der Waals surface area contributed by atoms with Crippen molar-refractivity contribution in [3.63, 3.8) is 0 Å². The Morgan fingerprint density at radius 2 is 2.19 bits per heavy atom. The molecule has 21 heavy (non-hydrogen) atoms. The minimum absolute atomic E-state index is 0.166. The van der Waals surface area contributed by atoms with Crippen molar-refractivity contribution in [2.45, 2.75) is 12.8 Å². The highest BCUT2D eigenvalue weighted by molar-refractivity contribution is 5.86. The van der Waals surface area contributed by atoms with Crippen LogP contribution in [0.15, 0.2) is 28.8 Å². The van der Waals surface area contributed by atoms with E-state index in [1.165, 1.54) is 0 Å². The molecule has 0 spiro atoms. The molecule has 2 aromatic rings. The van der Waals surface area contributed by atoms with Crippen LogP contribution in [0.1, 0.15) is 12.1 Å². The summed E-state index contributed by atoms with van der Waals surface area (Å²) in [7, 11) is 0. The van der Waals surface area contributed by atoms with E-state index in [-0.39, 0.29) is 5.91 Å². The van der Waals surface area contributed by atoms with E-state index in [9.17, 15) is 4.79 Å². The molecule has 1 aromatic carbocycles. The number of carbonyl (C=O) groups is 1. The van der Waals surface area contributed by atoms with Gasteiger partial charge in [-0.1, -0.05) is 17.3 Å². The zero-order chi connectivity index (χ0) is 14.2. The van der Waals surface area contributed by atoms with Crippen molar-refractivity contribution in [1.82, 2.24) is 15.4 Å². The van der Waals surface area contributed by atoms with Gasteiger partial charge in [-0.05, 0) is 43.5 Å². The van der Waals surface area contributed by atoms with Gasteiger partial charge in [0, 0.05) is 18.5 Å². The van der Waals surface area contributed by atoms with Crippen molar-refractivity contribution in [2.24, 2.45) is 11.8 Å². The third kappa shape index (κ3) is 2.31. The summed E-state index contributed by atoms with van der Waals surface area (Å²) in [5.74, 6) is 1.54. The number of nitrogens with one attached hydrogen (secondary N) is 1. The quantitative estimate of drug-likeness (QED) is 0.907. The zero-order valence-corrected chi connectivity index (χ0v) is 11.9. The Bertz CT molecular complexity index is 666. The monoisotopic (exact) mass is 285 g/mol. The molecule has 1 amide bonds. The van der Waals surface area contributed by atoms with E-state index in [1.54, 1.807) is 0 Å². The first-order chi connectivity index (χ1) is 10.3. The van der Waals surface area contributed by atoms with E-state index >= 15 is 0 Å². The molecular weight excluding hydrogens is 266 g/mol. The van der Waals surface area contributed by atoms with E-state index in [1.807, 2.05) is 29.2 Å². The van der Waals surface area contributed by atoms with Crippen LogP contribution < -0.4 is 5.32 Å². The second-order valence-corrected chi connectivity index (χ2v) is 6.11. The Labute approximate surface area is 123 Å². The number of piperidine rings is 1. The lowest BCUT2D eigenvalue weighted by molar-refractivity contribution is -0.132. The molecule has 0 saturated carbocycles. The van der Waals surface area contributed by atoms with Gasteiger partial charge in [-0.25, -0.2) is 0 Å². The zero-order valence-electron chi connectivity index (χ0n) is 11.9. The third-order valence-electron chi connectivity index (χ3n) is 4.83. The number of likely N-dealkylation sites (tertiary alicyclic amines) is 1. The Kier molecular flexibility index (Phi) is 3.15. The van der Waals surface area contributed by atoms with Crippen LogP contribution in [-0.4, -0.2) is 42.1 Å². The average molecular weight is 285 g/mol. The van der Waals surface area contributed by atoms with E-state index in [4.69, 9.17) is 4.52 Å². The summed E-state index contributed by atoms with van der Waals surface area (Å²) < 4.78 is 5.28. The first-order valence-corrected chi connectivity index (χ1v) is 7.63. The number of hydrogen-bond acceptors (Lipinski definition) is 4. The average Bonchev–Trinajstić information content (AvgIpc) is 3.13. The van der Waals surface area contributed by atoms with Crippen LogP contribution in [0.2, 0.25) is 0 Å². The van der Waals surface area contributed by atoms with Crippen LogP contribution in [0.25, 0.3) is 11.0 Å². The molecule has 1 aromatic heterocycles. The summed E-state index contributed by atoms with van der Waals surface area (Å²) in [6.45, 7) is 3.91. The van der Waals surface area contributed by atoms with Crippen LogP contribution in [0.4, 0.5) is 0 Å². The van der Waals surface area contributed by atoms with Gasteiger partial charge < -0.3 is 14.7 Å². The van der Waals surface area contributed by atoms with Gasteiger partial charge in [-0.3, -0.25) is 4.79 Å². The van der Waals surface area contributed by atoms with Gasteiger partial charge in [-0.2, -0.15) is 0 Å².